The Labute approximate surface area is 130 Å². The van der Waals surface area contributed by atoms with Gasteiger partial charge in [-0.25, -0.2) is 4.68 Å². The fourth-order valence-corrected chi connectivity index (χ4v) is 2.69. The summed E-state index contributed by atoms with van der Waals surface area (Å²) in [5.41, 5.74) is 7.49. The zero-order valence-corrected chi connectivity index (χ0v) is 12.0. The van der Waals surface area contributed by atoms with E-state index in [0.29, 0.717) is 22.2 Å². The molecule has 0 bridgehead atoms. The van der Waals surface area contributed by atoms with Crippen molar-refractivity contribution in [2.45, 2.75) is 0 Å². The molecule has 2 aromatic carbocycles. The lowest BCUT2D eigenvalue weighted by Crippen LogP contribution is -2.16. The summed E-state index contributed by atoms with van der Waals surface area (Å²) in [7, 11) is 0. The minimum atomic E-state index is -0.539. The molecule has 1 amide bonds. The van der Waals surface area contributed by atoms with E-state index >= 15 is 0 Å². The third-order valence-electron chi connectivity index (χ3n) is 3.82. The third-order valence-corrected chi connectivity index (χ3v) is 3.82. The van der Waals surface area contributed by atoms with Crippen molar-refractivity contribution in [2.24, 2.45) is 5.73 Å². The van der Waals surface area contributed by atoms with Crippen LogP contribution in [0.4, 0.5) is 0 Å². The Balaban J connectivity index is 2.03. The van der Waals surface area contributed by atoms with Crippen LogP contribution in [-0.4, -0.2) is 20.7 Å². The number of aromatic amines is 1. The second-order valence-corrected chi connectivity index (χ2v) is 5.23. The van der Waals surface area contributed by atoms with Crippen LogP contribution in [0, 0.1) is 0 Å². The number of nitrogens with zero attached hydrogens (tertiary/aromatic N) is 2. The first-order valence-electron chi connectivity index (χ1n) is 7.04. The van der Waals surface area contributed by atoms with Gasteiger partial charge in [0, 0.05) is 17.1 Å². The molecule has 0 aliphatic heterocycles. The van der Waals surface area contributed by atoms with Crippen molar-refractivity contribution in [1.82, 2.24) is 14.8 Å². The van der Waals surface area contributed by atoms with Crippen molar-refractivity contribution in [3.05, 3.63) is 70.6 Å². The van der Waals surface area contributed by atoms with Crippen molar-refractivity contribution >= 4 is 27.7 Å². The molecule has 4 rings (SSSR count). The van der Waals surface area contributed by atoms with Crippen LogP contribution in [0.15, 0.2) is 59.5 Å². The number of para-hydroxylation sites is 1. The molecule has 0 saturated heterocycles. The van der Waals surface area contributed by atoms with Gasteiger partial charge in [0.25, 0.3) is 5.56 Å². The largest absolute Gasteiger partial charge is 0.366 e. The van der Waals surface area contributed by atoms with E-state index in [1.165, 1.54) is 4.68 Å². The maximum absolute atomic E-state index is 12.6. The lowest BCUT2D eigenvalue weighted by atomic mass is 10.2. The van der Waals surface area contributed by atoms with Gasteiger partial charge < -0.3 is 5.73 Å². The molecule has 0 aliphatic carbocycles. The molecule has 0 saturated carbocycles. The molecule has 6 nitrogen and oxygen atoms in total. The highest BCUT2D eigenvalue weighted by Gasteiger charge is 2.12. The van der Waals surface area contributed by atoms with Gasteiger partial charge in [0.05, 0.1) is 22.1 Å². The minimum absolute atomic E-state index is 0.222. The van der Waals surface area contributed by atoms with Crippen molar-refractivity contribution in [3.63, 3.8) is 0 Å². The van der Waals surface area contributed by atoms with Crippen molar-refractivity contribution < 1.29 is 4.79 Å². The predicted octanol–water partition coefficient (Wildman–Crippen LogP) is 1.97. The monoisotopic (exact) mass is 304 g/mol. The Hall–Kier alpha value is -3.41. The maximum Gasteiger partial charge on any atom is 0.280 e. The number of carbonyl (C=O) groups is 1. The predicted molar refractivity (Wildman–Crippen MR) is 87.7 cm³/mol. The Morgan fingerprint density at radius 1 is 1.09 bits per heavy atom. The van der Waals surface area contributed by atoms with Crippen LogP contribution in [0.1, 0.15) is 10.4 Å². The number of benzene rings is 2. The molecular weight excluding hydrogens is 292 g/mol. The number of hydrogen-bond donors (Lipinski definition) is 2. The maximum atomic E-state index is 12.6. The number of rotatable bonds is 2. The summed E-state index contributed by atoms with van der Waals surface area (Å²) in [5.74, 6) is -0.539. The Kier molecular flexibility index (Phi) is 2.77. The zero-order chi connectivity index (χ0) is 16.0. The van der Waals surface area contributed by atoms with Crippen LogP contribution in [0.25, 0.3) is 27.5 Å². The fraction of sp³-hybridized carbons (Fsp3) is 0. The average Bonchev–Trinajstić information content (AvgIpc) is 2.92. The van der Waals surface area contributed by atoms with Crippen LogP contribution in [0.3, 0.4) is 0 Å². The van der Waals surface area contributed by atoms with Crippen LogP contribution in [-0.2, 0) is 0 Å². The summed E-state index contributed by atoms with van der Waals surface area (Å²) in [4.78, 5) is 28.3. The summed E-state index contributed by atoms with van der Waals surface area (Å²) in [5, 5.41) is 4.46. The number of H-pyrrole nitrogens is 1. The van der Waals surface area contributed by atoms with Gasteiger partial charge in [-0.2, -0.15) is 0 Å². The van der Waals surface area contributed by atoms with E-state index in [4.69, 9.17) is 5.73 Å². The normalized spacial score (nSPS) is 11.1. The van der Waals surface area contributed by atoms with Gasteiger partial charge in [-0.15, -0.1) is 0 Å². The Morgan fingerprint density at radius 2 is 1.91 bits per heavy atom. The first-order valence-corrected chi connectivity index (χ1v) is 7.04. The number of fused-ring (bicyclic) bond motifs is 3. The zero-order valence-electron chi connectivity index (χ0n) is 12.0. The smallest absolute Gasteiger partial charge is 0.280 e. The molecule has 112 valence electrons. The number of pyridine rings is 1. The number of primary amides is 1. The van der Waals surface area contributed by atoms with Gasteiger partial charge in [0.1, 0.15) is 0 Å². The second kappa shape index (κ2) is 4.81. The SMILES string of the molecule is NC(=O)c1cccc(-n2[nH]c3c(cnc4ccccc43)c2=O)c1. The van der Waals surface area contributed by atoms with E-state index in [1.54, 1.807) is 30.5 Å². The van der Waals surface area contributed by atoms with Gasteiger partial charge in [0.2, 0.25) is 5.91 Å². The van der Waals surface area contributed by atoms with E-state index in [0.717, 1.165) is 10.9 Å². The molecule has 0 unspecified atom stereocenters. The van der Waals surface area contributed by atoms with E-state index < -0.39 is 5.91 Å². The molecule has 6 heteroatoms. The van der Waals surface area contributed by atoms with Gasteiger partial charge in [-0.05, 0) is 24.3 Å². The molecule has 0 spiro atoms. The highest BCUT2D eigenvalue weighted by molar-refractivity contribution is 6.02. The van der Waals surface area contributed by atoms with Crippen molar-refractivity contribution in [3.8, 4) is 5.69 Å². The second-order valence-electron chi connectivity index (χ2n) is 5.23. The molecule has 0 aliphatic rings. The molecule has 2 heterocycles. The standard InChI is InChI=1S/C17H12N4O2/c18-16(22)10-4-3-5-11(8-10)21-17(23)13-9-19-14-7-2-1-6-12(14)15(13)20-21/h1-9,20H,(H2,18,22). The number of hydrogen-bond acceptors (Lipinski definition) is 3. The summed E-state index contributed by atoms with van der Waals surface area (Å²) >= 11 is 0. The van der Waals surface area contributed by atoms with Gasteiger partial charge >= 0.3 is 0 Å². The molecule has 0 atom stereocenters. The molecule has 0 fully saturated rings. The number of nitrogens with two attached hydrogens (primary N) is 1. The number of amides is 1. The van der Waals surface area contributed by atoms with Crippen molar-refractivity contribution in [2.75, 3.05) is 0 Å². The van der Waals surface area contributed by atoms with Crippen LogP contribution in [0.5, 0.6) is 0 Å². The summed E-state index contributed by atoms with van der Waals surface area (Å²) in [6.45, 7) is 0. The third kappa shape index (κ3) is 2.00. The quantitative estimate of drug-likeness (QED) is 0.593. The average molecular weight is 304 g/mol. The molecular formula is C17H12N4O2. The number of aromatic nitrogens is 3. The van der Waals surface area contributed by atoms with E-state index in [-0.39, 0.29) is 5.56 Å². The summed E-state index contributed by atoms with van der Waals surface area (Å²) in [6, 6.07) is 14.2. The lowest BCUT2D eigenvalue weighted by molar-refractivity contribution is 0.100. The molecule has 23 heavy (non-hydrogen) atoms. The molecule has 3 N–H and O–H groups in total. The summed E-state index contributed by atoms with van der Waals surface area (Å²) in [6.07, 6.45) is 1.56. The van der Waals surface area contributed by atoms with Gasteiger partial charge in [-0.1, -0.05) is 24.3 Å². The van der Waals surface area contributed by atoms with E-state index in [1.807, 2.05) is 24.3 Å². The Bertz CT molecular complexity index is 1120. The van der Waals surface area contributed by atoms with Crippen LogP contribution >= 0.6 is 0 Å². The fourth-order valence-electron chi connectivity index (χ4n) is 2.69. The highest BCUT2D eigenvalue weighted by Crippen LogP contribution is 2.20. The van der Waals surface area contributed by atoms with Crippen LogP contribution < -0.4 is 11.3 Å². The Morgan fingerprint density at radius 3 is 2.74 bits per heavy atom. The number of nitrogens with one attached hydrogen (secondary N) is 1. The van der Waals surface area contributed by atoms with E-state index in [9.17, 15) is 9.59 Å². The molecule has 2 aromatic heterocycles. The van der Waals surface area contributed by atoms with Gasteiger partial charge in [0.15, 0.2) is 0 Å². The first-order chi connectivity index (χ1) is 11.1. The summed E-state index contributed by atoms with van der Waals surface area (Å²) < 4.78 is 1.39. The topological polar surface area (TPSA) is 93.8 Å². The molecule has 4 aromatic rings. The van der Waals surface area contributed by atoms with Crippen molar-refractivity contribution in [1.29, 1.82) is 0 Å². The van der Waals surface area contributed by atoms with Crippen LogP contribution in [0.2, 0.25) is 0 Å². The highest BCUT2D eigenvalue weighted by atomic mass is 16.1. The molecule has 0 radical (unpaired) electrons. The lowest BCUT2D eigenvalue weighted by Gasteiger charge is -2.03. The van der Waals surface area contributed by atoms with E-state index in [2.05, 4.69) is 10.1 Å². The van der Waals surface area contributed by atoms with Gasteiger partial charge in [-0.3, -0.25) is 19.7 Å². The number of carbonyl (C=O) groups excluding carboxylic acids is 1. The minimum Gasteiger partial charge on any atom is -0.366 e. The first kappa shape index (κ1) is 13.3.